The number of hydrogen-bond acceptors (Lipinski definition) is 3. The van der Waals surface area contributed by atoms with Gasteiger partial charge in [0.1, 0.15) is 5.54 Å². The van der Waals surface area contributed by atoms with Gasteiger partial charge in [0.25, 0.3) is 11.8 Å². The molecule has 13 heavy (non-hydrogen) atoms. The predicted octanol–water partition coefficient (Wildman–Crippen LogP) is 0.604. The minimum atomic E-state index is -1.07. The van der Waals surface area contributed by atoms with E-state index in [1.54, 1.807) is 6.92 Å². The Morgan fingerprint density at radius 1 is 1.46 bits per heavy atom. The van der Waals surface area contributed by atoms with Crippen LogP contribution >= 0.6 is 0 Å². The van der Waals surface area contributed by atoms with Gasteiger partial charge in [-0.15, -0.1) is 0 Å². The van der Waals surface area contributed by atoms with Crippen LogP contribution in [0.1, 0.15) is 20.8 Å². The molecule has 0 aromatic heterocycles. The summed E-state index contributed by atoms with van der Waals surface area (Å²) in [6.07, 6.45) is 1.25. The molecule has 0 atom stereocenters. The van der Waals surface area contributed by atoms with E-state index in [0.717, 1.165) is 4.90 Å². The minimum Gasteiger partial charge on any atom is -0.269 e. The van der Waals surface area contributed by atoms with Gasteiger partial charge in [0.15, 0.2) is 0 Å². The maximum Gasteiger partial charge on any atom is 0.257 e. The van der Waals surface area contributed by atoms with Crippen LogP contribution in [0, 0.1) is 11.3 Å². The first-order valence-electron chi connectivity index (χ1n) is 3.88. The fourth-order valence-corrected chi connectivity index (χ4v) is 1.17. The number of imide groups is 1. The van der Waals surface area contributed by atoms with Gasteiger partial charge in [-0.2, -0.15) is 5.26 Å². The largest absolute Gasteiger partial charge is 0.269 e. The lowest BCUT2D eigenvalue weighted by Crippen LogP contribution is -2.47. The van der Waals surface area contributed by atoms with Crippen LogP contribution < -0.4 is 0 Å². The van der Waals surface area contributed by atoms with Crippen molar-refractivity contribution in [3.05, 3.63) is 11.6 Å². The van der Waals surface area contributed by atoms with E-state index in [-0.39, 0.29) is 5.91 Å². The summed E-state index contributed by atoms with van der Waals surface area (Å²) < 4.78 is 0. The van der Waals surface area contributed by atoms with E-state index in [1.807, 2.05) is 6.07 Å². The second kappa shape index (κ2) is 2.70. The molecule has 0 bridgehead atoms. The molecule has 0 aromatic rings. The monoisotopic (exact) mass is 178 g/mol. The summed E-state index contributed by atoms with van der Waals surface area (Å²) in [5.41, 5.74) is -0.684. The third kappa shape index (κ3) is 1.33. The molecule has 2 amide bonds. The molecule has 1 heterocycles. The van der Waals surface area contributed by atoms with E-state index in [0.29, 0.717) is 5.57 Å². The number of rotatable bonds is 1. The molecule has 0 spiro atoms. The summed E-state index contributed by atoms with van der Waals surface area (Å²) in [6, 6.07) is 1.92. The molecule has 1 aliphatic heterocycles. The van der Waals surface area contributed by atoms with Crippen LogP contribution in [0.25, 0.3) is 0 Å². The highest BCUT2D eigenvalue weighted by Gasteiger charge is 2.39. The molecule has 0 fully saturated rings. The normalized spacial score (nSPS) is 17.4. The Labute approximate surface area is 76.4 Å². The minimum absolute atomic E-state index is 0.378. The maximum atomic E-state index is 11.4. The zero-order valence-electron chi connectivity index (χ0n) is 7.79. The Morgan fingerprint density at radius 2 is 2.00 bits per heavy atom. The summed E-state index contributed by atoms with van der Waals surface area (Å²) in [4.78, 5) is 23.7. The first-order chi connectivity index (χ1) is 5.90. The van der Waals surface area contributed by atoms with Crippen LogP contribution in [-0.2, 0) is 9.59 Å². The molecule has 0 saturated carbocycles. The van der Waals surface area contributed by atoms with E-state index in [9.17, 15) is 9.59 Å². The Balaban J connectivity index is 3.07. The molecule has 0 saturated heterocycles. The molecule has 0 unspecified atom stereocenters. The average Bonchev–Trinajstić information content (AvgIpc) is 2.27. The van der Waals surface area contributed by atoms with Crippen LogP contribution in [0.5, 0.6) is 0 Å². The number of nitriles is 1. The number of carbonyl (C=O) groups is 2. The molecule has 68 valence electrons. The first kappa shape index (κ1) is 9.46. The SMILES string of the molecule is CC1=CC(=O)N(C(C)(C)C#N)C1=O. The topological polar surface area (TPSA) is 61.2 Å². The maximum absolute atomic E-state index is 11.4. The highest BCUT2D eigenvalue weighted by molar-refractivity contribution is 6.16. The molecule has 0 aliphatic carbocycles. The number of nitrogens with zero attached hydrogens (tertiary/aromatic N) is 2. The Bertz CT molecular complexity index is 347. The third-order valence-electron chi connectivity index (χ3n) is 1.93. The van der Waals surface area contributed by atoms with Crippen LogP contribution in [0.15, 0.2) is 11.6 Å². The molecule has 0 aromatic carbocycles. The van der Waals surface area contributed by atoms with Crippen molar-refractivity contribution in [2.45, 2.75) is 26.3 Å². The van der Waals surface area contributed by atoms with E-state index in [1.165, 1.54) is 19.9 Å². The van der Waals surface area contributed by atoms with E-state index in [4.69, 9.17) is 5.26 Å². The van der Waals surface area contributed by atoms with Crippen LogP contribution in [0.4, 0.5) is 0 Å². The van der Waals surface area contributed by atoms with Crippen molar-refractivity contribution in [1.82, 2.24) is 4.90 Å². The molecule has 0 radical (unpaired) electrons. The van der Waals surface area contributed by atoms with E-state index in [2.05, 4.69) is 0 Å². The molecule has 4 heteroatoms. The summed E-state index contributed by atoms with van der Waals surface area (Å²) in [7, 11) is 0. The lowest BCUT2D eigenvalue weighted by atomic mass is 10.1. The van der Waals surface area contributed by atoms with Crippen molar-refractivity contribution in [3.63, 3.8) is 0 Å². The highest BCUT2D eigenvalue weighted by atomic mass is 16.2. The third-order valence-corrected chi connectivity index (χ3v) is 1.93. The predicted molar refractivity (Wildman–Crippen MR) is 45.3 cm³/mol. The van der Waals surface area contributed by atoms with Crippen molar-refractivity contribution in [1.29, 1.82) is 5.26 Å². The average molecular weight is 178 g/mol. The summed E-state index contributed by atoms with van der Waals surface area (Å²) in [5, 5.41) is 8.76. The molecule has 1 rings (SSSR count). The van der Waals surface area contributed by atoms with Gasteiger partial charge >= 0.3 is 0 Å². The Kier molecular flexibility index (Phi) is 1.96. The van der Waals surface area contributed by atoms with Crippen LogP contribution in [0.3, 0.4) is 0 Å². The Morgan fingerprint density at radius 3 is 2.31 bits per heavy atom. The summed E-state index contributed by atoms with van der Waals surface area (Å²) in [5.74, 6) is -0.786. The Hall–Kier alpha value is -1.63. The van der Waals surface area contributed by atoms with Crippen molar-refractivity contribution in [2.24, 2.45) is 0 Å². The second-order valence-corrected chi connectivity index (χ2v) is 3.48. The summed E-state index contributed by atoms with van der Waals surface area (Å²) in [6.45, 7) is 4.64. The van der Waals surface area contributed by atoms with Crippen molar-refractivity contribution >= 4 is 11.8 Å². The lowest BCUT2D eigenvalue weighted by Gasteiger charge is -2.26. The zero-order valence-corrected chi connectivity index (χ0v) is 7.79. The quantitative estimate of drug-likeness (QED) is 0.552. The fourth-order valence-electron chi connectivity index (χ4n) is 1.17. The highest BCUT2D eigenvalue weighted by Crippen LogP contribution is 2.22. The smallest absolute Gasteiger partial charge is 0.257 e. The van der Waals surface area contributed by atoms with Crippen molar-refractivity contribution < 1.29 is 9.59 Å². The van der Waals surface area contributed by atoms with Crippen molar-refractivity contribution in [2.75, 3.05) is 0 Å². The number of hydrogen-bond donors (Lipinski definition) is 0. The molecular formula is C9H10N2O2. The molecule has 4 nitrogen and oxygen atoms in total. The molecular weight excluding hydrogens is 168 g/mol. The van der Waals surface area contributed by atoms with Gasteiger partial charge in [-0.1, -0.05) is 0 Å². The number of carbonyl (C=O) groups excluding carboxylic acids is 2. The molecule has 1 aliphatic rings. The van der Waals surface area contributed by atoms with Gasteiger partial charge in [0, 0.05) is 11.6 Å². The second-order valence-electron chi connectivity index (χ2n) is 3.48. The van der Waals surface area contributed by atoms with Crippen molar-refractivity contribution in [3.8, 4) is 6.07 Å². The zero-order chi connectivity index (χ0) is 10.2. The van der Waals surface area contributed by atoms with Gasteiger partial charge in [-0.3, -0.25) is 14.5 Å². The fraction of sp³-hybridized carbons (Fsp3) is 0.444. The molecule has 0 N–H and O–H groups in total. The van der Waals surface area contributed by atoms with Crippen LogP contribution in [-0.4, -0.2) is 22.3 Å². The first-order valence-corrected chi connectivity index (χ1v) is 3.88. The van der Waals surface area contributed by atoms with Gasteiger partial charge in [0.05, 0.1) is 6.07 Å². The van der Waals surface area contributed by atoms with Gasteiger partial charge in [0.2, 0.25) is 0 Å². The van der Waals surface area contributed by atoms with Gasteiger partial charge < -0.3 is 0 Å². The van der Waals surface area contributed by atoms with Crippen LogP contribution in [0.2, 0.25) is 0 Å². The number of amides is 2. The standard InChI is InChI=1S/C9H10N2O2/c1-6-4-7(12)11(8(6)13)9(2,3)5-10/h4H,1-3H3. The van der Waals surface area contributed by atoms with Gasteiger partial charge in [-0.05, 0) is 20.8 Å². The van der Waals surface area contributed by atoms with E-state index >= 15 is 0 Å². The van der Waals surface area contributed by atoms with Gasteiger partial charge in [-0.25, -0.2) is 0 Å². The summed E-state index contributed by atoms with van der Waals surface area (Å²) >= 11 is 0. The lowest BCUT2D eigenvalue weighted by molar-refractivity contribution is -0.141. The van der Waals surface area contributed by atoms with E-state index < -0.39 is 11.4 Å².